The van der Waals surface area contributed by atoms with Crippen LogP contribution in [0.5, 0.6) is 0 Å². The molecule has 1 atom stereocenters. The molecule has 126 valence electrons. The van der Waals surface area contributed by atoms with Gasteiger partial charge < -0.3 is 19.9 Å². The minimum Gasteiger partial charge on any atom is -0.432 e. The number of nitrogen functional groups attached to an aromatic ring is 1. The van der Waals surface area contributed by atoms with Crippen molar-refractivity contribution in [2.45, 2.75) is 38.9 Å². The molecule has 0 aromatic carbocycles. The predicted octanol–water partition coefficient (Wildman–Crippen LogP) is 1.82. The number of carbonyl (C=O) groups excluding carboxylic acids is 1. The smallest absolute Gasteiger partial charge is 0.432 e. The van der Waals surface area contributed by atoms with Gasteiger partial charge in [0.2, 0.25) is 0 Å². The number of carbonyl (C=O) groups is 1. The first kappa shape index (κ1) is 17.0. The molecule has 0 radical (unpaired) electrons. The molecule has 8 nitrogen and oxygen atoms in total. The number of ether oxygens (including phenoxy) is 3. The predicted molar refractivity (Wildman–Crippen MR) is 84.1 cm³/mol. The summed E-state index contributed by atoms with van der Waals surface area (Å²) in [4.78, 5) is 15.3. The van der Waals surface area contributed by atoms with E-state index >= 15 is 0 Å². The Labute approximate surface area is 134 Å². The van der Waals surface area contributed by atoms with Crippen LogP contribution in [0.25, 0.3) is 5.52 Å². The highest BCUT2D eigenvalue weighted by atomic mass is 16.7. The minimum absolute atomic E-state index is 0.141. The molecule has 8 heteroatoms. The van der Waals surface area contributed by atoms with Crippen molar-refractivity contribution in [2.24, 2.45) is 0 Å². The zero-order chi connectivity index (χ0) is 16.8. The summed E-state index contributed by atoms with van der Waals surface area (Å²) in [5.41, 5.74) is 7.56. The summed E-state index contributed by atoms with van der Waals surface area (Å²) < 4.78 is 17.1. The molecular formula is C15H22N4O4. The van der Waals surface area contributed by atoms with Gasteiger partial charge in [-0.2, -0.15) is 5.10 Å². The maximum absolute atomic E-state index is 11.4. The second kappa shape index (κ2) is 7.77. The van der Waals surface area contributed by atoms with E-state index in [4.69, 9.17) is 19.9 Å². The van der Waals surface area contributed by atoms with E-state index < -0.39 is 6.16 Å². The van der Waals surface area contributed by atoms with Crippen molar-refractivity contribution >= 4 is 17.5 Å². The monoisotopic (exact) mass is 322 g/mol. The molecule has 2 aromatic heterocycles. The Morgan fingerprint density at radius 3 is 2.87 bits per heavy atom. The third-order valence-electron chi connectivity index (χ3n) is 3.33. The summed E-state index contributed by atoms with van der Waals surface area (Å²) >= 11 is 0. The van der Waals surface area contributed by atoms with E-state index in [-0.39, 0.29) is 18.8 Å². The van der Waals surface area contributed by atoms with Gasteiger partial charge in [0, 0.05) is 12.8 Å². The fraction of sp³-hybridized carbons (Fsp3) is 0.533. The Bertz CT molecular complexity index is 656. The molecule has 0 fully saturated rings. The van der Waals surface area contributed by atoms with E-state index in [1.165, 1.54) is 6.33 Å². The van der Waals surface area contributed by atoms with Crippen molar-refractivity contribution in [1.82, 2.24) is 14.6 Å². The van der Waals surface area contributed by atoms with E-state index in [2.05, 4.69) is 10.1 Å². The summed E-state index contributed by atoms with van der Waals surface area (Å²) in [6, 6.07) is 3.82. The van der Waals surface area contributed by atoms with E-state index in [0.29, 0.717) is 18.7 Å². The highest BCUT2D eigenvalue weighted by Crippen LogP contribution is 2.15. The van der Waals surface area contributed by atoms with Gasteiger partial charge in [0.05, 0.1) is 12.2 Å². The lowest BCUT2D eigenvalue weighted by Gasteiger charge is -2.16. The third-order valence-corrected chi connectivity index (χ3v) is 3.33. The van der Waals surface area contributed by atoms with Crippen LogP contribution in [-0.4, -0.2) is 46.7 Å². The average Bonchev–Trinajstić information content (AvgIpc) is 2.91. The summed E-state index contributed by atoms with van der Waals surface area (Å²) in [5.74, 6) is 0.439. The number of aromatic nitrogens is 3. The number of nitrogens with zero attached hydrogens (tertiary/aromatic N) is 3. The number of hydrogen-bond acceptors (Lipinski definition) is 7. The molecular weight excluding hydrogens is 300 g/mol. The molecule has 0 aliphatic rings. The number of fused-ring (bicyclic) bond motifs is 1. The number of aryl methyl sites for hydroxylation is 1. The Hall–Kier alpha value is -2.35. The Morgan fingerprint density at radius 1 is 1.39 bits per heavy atom. The molecule has 0 saturated carbocycles. The minimum atomic E-state index is -0.685. The second-order valence-corrected chi connectivity index (χ2v) is 5.39. The maximum atomic E-state index is 11.4. The van der Waals surface area contributed by atoms with Gasteiger partial charge in [-0.3, -0.25) is 0 Å². The molecule has 0 aliphatic carbocycles. The normalized spacial score (nSPS) is 12.5. The first-order chi connectivity index (χ1) is 11.0. The number of hydrogen-bond donors (Lipinski definition) is 1. The summed E-state index contributed by atoms with van der Waals surface area (Å²) in [5, 5.41) is 4.19. The zero-order valence-corrected chi connectivity index (χ0v) is 13.6. The summed E-state index contributed by atoms with van der Waals surface area (Å²) in [6.07, 6.45) is 1.67. The van der Waals surface area contributed by atoms with Crippen LogP contribution in [0.1, 0.15) is 26.0 Å². The molecule has 1 unspecified atom stereocenters. The number of methoxy groups -OCH3 is 1. The van der Waals surface area contributed by atoms with Gasteiger partial charge in [0.25, 0.3) is 0 Å². The maximum Gasteiger partial charge on any atom is 0.508 e. The highest BCUT2D eigenvalue weighted by molar-refractivity contribution is 5.65. The Morgan fingerprint density at radius 2 is 2.17 bits per heavy atom. The fourth-order valence-electron chi connectivity index (χ4n) is 2.16. The van der Waals surface area contributed by atoms with Crippen molar-refractivity contribution < 1.29 is 19.0 Å². The molecule has 2 heterocycles. The molecule has 0 bridgehead atoms. The van der Waals surface area contributed by atoms with Gasteiger partial charge in [0.15, 0.2) is 5.82 Å². The largest absolute Gasteiger partial charge is 0.508 e. The van der Waals surface area contributed by atoms with Gasteiger partial charge in [-0.1, -0.05) is 0 Å². The third kappa shape index (κ3) is 4.56. The quantitative estimate of drug-likeness (QED) is 0.776. The van der Waals surface area contributed by atoms with Crippen molar-refractivity contribution in [1.29, 1.82) is 0 Å². The van der Waals surface area contributed by atoms with Crippen LogP contribution < -0.4 is 5.73 Å². The summed E-state index contributed by atoms with van der Waals surface area (Å²) in [7, 11) is 1.58. The molecule has 2 aromatic rings. The molecule has 2 N–H and O–H groups in total. The van der Waals surface area contributed by atoms with E-state index in [1.54, 1.807) is 25.5 Å². The fourth-order valence-corrected chi connectivity index (χ4v) is 2.16. The average molecular weight is 322 g/mol. The van der Waals surface area contributed by atoms with Crippen LogP contribution in [-0.2, 0) is 20.6 Å². The van der Waals surface area contributed by atoms with Crippen molar-refractivity contribution in [3.05, 3.63) is 24.2 Å². The molecule has 0 spiro atoms. The number of nitrogens with two attached hydrogens (primary N) is 1. The van der Waals surface area contributed by atoms with Crippen LogP contribution >= 0.6 is 0 Å². The van der Waals surface area contributed by atoms with Crippen LogP contribution in [0.2, 0.25) is 0 Å². The zero-order valence-electron chi connectivity index (χ0n) is 13.6. The van der Waals surface area contributed by atoms with Gasteiger partial charge in [-0.15, -0.1) is 0 Å². The van der Waals surface area contributed by atoms with E-state index in [1.807, 2.05) is 12.1 Å². The molecule has 0 saturated heterocycles. The van der Waals surface area contributed by atoms with Gasteiger partial charge in [-0.05, 0) is 38.8 Å². The number of rotatable bonds is 7. The van der Waals surface area contributed by atoms with Gasteiger partial charge in [-0.25, -0.2) is 14.3 Å². The Kier molecular flexibility index (Phi) is 5.75. The van der Waals surface area contributed by atoms with E-state index in [0.717, 1.165) is 11.2 Å². The first-order valence-corrected chi connectivity index (χ1v) is 7.44. The van der Waals surface area contributed by atoms with Crippen LogP contribution in [0.15, 0.2) is 18.5 Å². The lowest BCUT2D eigenvalue weighted by molar-refractivity contribution is -0.00997. The van der Waals surface area contributed by atoms with Crippen molar-refractivity contribution in [3.63, 3.8) is 0 Å². The SMILES string of the molecule is COC(CCc1ccc2c(N)ncnn12)COC(=O)OC(C)C. The number of anilines is 1. The van der Waals surface area contributed by atoms with Crippen molar-refractivity contribution in [3.8, 4) is 0 Å². The standard InChI is InChI=1S/C15H22N4O4/c1-10(2)23-15(20)22-8-12(21-3)6-4-11-5-7-13-14(16)17-9-18-19(11)13/h5,7,9-10,12H,4,6,8H2,1-3H3,(H2,16,17,18). The topological polar surface area (TPSA) is 101 Å². The lowest BCUT2D eigenvalue weighted by atomic mass is 10.1. The van der Waals surface area contributed by atoms with E-state index in [9.17, 15) is 4.79 Å². The molecule has 0 aliphatic heterocycles. The molecule has 0 amide bonds. The first-order valence-electron chi connectivity index (χ1n) is 7.44. The highest BCUT2D eigenvalue weighted by Gasteiger charge is 2.15. The van der Waals surface area contributed by atoms with Crippen LogP contribution in [0, 0.1) is 0 Å². The van der Waals surface area contributed by atoms with Crippen LogP contribution in [0.4, 0.5) is 10.6 Å². The second-order valence-electron chi connectivity index (χ2n) is 5.39. The molecule has 2 rings (SSSR count). The molecule has 23 heavy (non-hydrogen) atoms. The summed E-state index contributed by atoms with van der Waals surface area (Å²) in [6.45, 7) is 3.67. The van der Waals surface area contributed by atoms with Gasteiger partial charge >= 0.3 is 6.16 Å². The lowest BCUT2D eigenvalue weighted by Crippen LogP contribution is -2.23. The van der Waals surface area contributed by atoms with Crippen molar-refractivity contribution in [2.75, 3.05) is 19.5 Å². The Balaban J connectivity index is 1.89. The van der Waals surface area contributed by atoms with Gasteiger partial charge in [0.1, 0.15) is 18.5 Å². The van der Waals surface area contributed by atoms with Crippen LogP contribution in [0.3, 0.4) is 0 Å².